The second-order valence-corrected chi connectivity index (χ2v) is 8.72. The minimum Gasteiger partial charge on any atom is -0.493 e. The topological polar surface area (TPSA) is 130 Å². The Morgan fingerprint density at radius 3 is 2.05 bits per heavy atom. The summed E-state index contributed by atoms with van der Waals surface area (Å²) in [6.45, 7) is 0. The number of benzene rings is 3. The van der Waals surface area contributed by atoms with Crippen LogP contribution >= 0.6 is 0 Å². The molecule has 0 bridgehead atoms. The second kappa shape index (κ2) is 12.1. The van der Waals surface area contributed by atoms with E-state index in [1.165, 1.54) is 58.8 Å². The van der Waals surface area contributed by atoms with E-state index >= 15 is 0 Å². The van der Waals surface area contributed by atoms with Gasteiger partial charge in [0.2, 0.25) is 5.75 Å². The van der Waals surface area contributed by atoms with Crippen LogP contribution in [0.1, 0.15) is 21.5 Å². The van der Waals surface area contributed by atoms with Crippen molar-refractivity contribution in [2.24, 2.45) is 0 Å². The quantitative estimate of drug-likeness (QED) is 0.170. The third-order valence-electron chi connectivity index (χ3n) is 6.14. The van der Waals surface area contributed by atoms with Gasteiger partial charge < -0.3 is 23.7 Å². The number of hydrogen-bond donors (Lipinski definition) is 1. The molecule has 11 nitrogen and oxygen atoms in total. The molecule has 14 heteroatoms. The van der Waals surface area contributed by atoms with Crippen molar-refractivity contribution in [1.82, 2.24) is 5.32 Å². The summed E-state index contributed by atoms with van der Waals surface area (Å²) in [5.74, 6) is -2.30. The maximum atomic E-state index is 13.2. The standard InChI is InChI=1S/C29H23F3N2O9/c1-39-21-11-15(8-9-20(21)43-27(37)16-12-22(40-2)24(42-4)23(13-16)41-3)10-19-25(35)33-28(38)34(26(19)36)18-7-5-6-17(14-18)29(30,31)32/h5-14H,1-4H3,(H,33,35,38)/b19-10+. The number of halogens is 3. The molecule has 1 saturated heterocycles. The lowest BCUT2D eigenvalue weighted by molar-refractivity contribution is -0.137. The number of nitrogens with one attached hydrogen (secondary N) is 1. The molecule has 224 valence electrons. The van der Waals surface area contributed by atoms with Crippen LogP contribution < -0.4 is 33.9 Å². The first kappa shape index (κ1) is 30.4. The number of barbiturate groups is 1. The highest BCUT2D eigenvalue weighted by molar-refractivity contribution is 6.39. The number of nitrogens with zero attached hydrogens (tertiary/aromatic N) is 1. The molecule has 1 fully saturated rings. The minimum atomic E-state index is -4.73. The average Bonchev–Trinajstić information content (AvgIpc) is 2.98. The Morgan fingerprint density at radius 2 is 1.47 bits per heavy atom. The van der Waals surface area contributed by atoms with Gasteiger partial charge in [-0.1, -0.05) is 12.1 Å². The van der Waals surface area contributed by atoms with Crippen LogP contribution in [0.15, 0.2) is 60.2 Å². The van der Waals surface area contributed by atoms with Crippen molar-refractivity contribution in [3.05, 3.63) is 76.9 Å². The summed E-state index contributed by atoms with van der Waals surface area (Å²) in [6.07, 6.45) is -3.62. The number of imide groups is 2. The Hall–Kier alpha value is -5.53. The number of rotatable bonds is 8. The molecule has 0 saturated carbocycles. The number of alkyl halides is 3. The van der Waals surface area contributed by atoms with Crippen molar-refractivity contribution in [3.63, 3.8) is 0 Å². The fourth-order valence-corrected chi connectivity index (χ4v) is 4.10. The molecule has 0 aliphatic carbocycles. The van der Waals surface area contributed by atoms with Crippen LogP contribution in [0.4, 0.5) is 23.7 Å². The first-order valence-corrected chi connectivity index (χ1v) is 12.2. The van der Waals surface area contributed by atoms with Crippen molar-refractivity contribution in [1.29, 1.82) is 0 Å². The van der Waals surface area contributed by atoms with E-state index in [4.69, 9.17) is 23.7 Å². The number of amides is 4. The van der Waals surface area contributed by atoms with Gasteiger partial charge in [0, 0.05) is 0 Å². The third-order valence-corrected chi connectivity index (χ3v) is 6.14. The number of hydrogen-bond acceptors (Lipinski definition) is 9. The summed E-state index contributed by atoms with van der Waals surface area (Å²) in [5, 5.41) is 1.95. The largest absolute Gasteiger partial charge is 0.493 e. The zero-order chi connectivity index (χ0) is 31.5. The highest BCUT2D eigenvalue weighted by Crippen LogP contribution is 2.39. The van der Waals surface area contributed by atoms with Gasteiger partial charge >= 0.3 is 18.2 Å². The van der Waals surface area contributed by atoms with Crippen molar-refractivity contribution in [2.75, 3.05) is 33.3 Å². The summed E-state index contributed by atoms with van der Waals surface area (Å²) in [4.78, 5) is 51.5. The zero-order valence-corrected chi connectivity index (χ0v) is 23.0. The predicted octanol–water partition coefficient (Wildman–Crippen LogP) is 4.63. The molecule has 3 aromatic carbocycles. The van der Waals surface area contributed by atoms with E-state index in [1.807, 2.05) is 5.32 Å². The lowest BCUT2D eigenvalue weighted by atomic mass is 10.1. The van der Waals surface area contributed by atoms with Gasteiger partial charge in [0.05, 0.1) is 45.3 Å². The van der Waals surface area contributed by atoms with Crippen molar-refractivity contribution >= 4 is 35.6 Å². The fraction of sp³-hybridized carbons (Fsp3) is 0.172. The third kappa shape index (κ3) is 6.22. The van der Waals surface area contributed by atoms with E-state index in [2.05, 4.69) is 0 Å². The van der Waals surface area contributed by atoms with Gasteiger partial charge in [-0.3, -0.25) is 14.9 Å². The summed E-state index contributed by atoms with van der Waals surface area (Å²) in [5.41, 5.74) is -1.74. The average molecular weight is 601 g/mol. The number of carbonyl (C=O) groups excluding carboxylic acids is 4. The molecule has 4 rings (SSSR count). The van der Waals surface area contributed by atoms with Gasteiger partial charge in [-0.25, -0.2) is 14.5 Å². The molecule has 1 aliphatic heterocycles. The summed E-state index contributed by atoms with van der Waals surface area (Å²) in [6, 6.07) is 9.18. The highest BCUT2D eigenvalue weighted by Gasteiger charge is 2.38. The van der Waals surface area contributed by atoms with Crippen molar-refractivity contribution in [3.8, 4) is 28.7 Å². The molecule has 0 aromatic heterocycles. The Labute approximate surface area is 242 Å². The Bertz CT molecular complexity index is 1630. The number of esters is 1. The van der Waals surface area contributed by atoms with Gasteiger partial charge in [-0.05, 0) is 54.1 Å². The highest BCUT2D eigenvalue weighted by atomic mass is 19.4. The van der Waals surface area contributed by atoms with Crippen LogP contribution in [0.2, 0.25) is 0 Å². The maximum absolute atomic E-state index is 13.2. The van der Waals surface area contributed by atoms with Crippen LogP contribution in [-0.2, 0) is 15.8 Å². The van der Waals surface area contributed by atoms with Gasteiger partial charge in [0.25, 0.3) is 11.8 Å². The van der Waals surface area contributed by atoms with Gasteiger partial charge in [-0.2, -0.15) is 13.2 Å². The number of anilines is 1. The summed E-state index contributed by atoms with van der Waals surface area (Å²) < 4.78 is 66.2. The number of ether oxygens (including phenoxy) is 5. The normalized spacial score (nSPS) is 14.3. The lowest BCUT2D eigenvalue weighted by Crippen LogP contribution is -2.54. The smallest absolute Gasteiger partial charge is 0.416 e. The summed E-state index contributed by atoms with van der Waals surface area (Å²) in [7, 11) is 5.46. The molecule has 0 unspecified atom stereocenters. The Kier molecular flexibility index (Phi) is 8.59. The SMILES string of the molecule is COc1cc(/C=C2\C(=O)NC(=O)N(c3cccc(C(F)(F)F)c3)C2=O)ccc1OC(=O)c1cc(OC)c(OC)c(OC)c1. The van der Waals surface area contributed by atoms with Crippen molar-refractivity contribution in [2.45, 2.75) is 6.18 Å². The van der Waals surface area contributed by atoms with Gasteiger partial charge in [0.1, 0.15) is 5.57 Å². The molecule has 3 aromatic rings. The van der Waals surface area contributed by atoms with Crippen LogP contribution in [0.3, 0.4) is 0 Å². The molecule has 0 spiro atoms. The zero-order valence-electron chi connectivity index (χ0n) is 23.0. The van der Waals surface area contributed by atoms with Crippen LogP contribution in [0.25, 0.3) is 6.08 Å². The fourth-order valence-electron chi connectivity index (χ4n) is 4.10. The number of methoxy groups -OCH3 is 4. The molecule has 1 aliphatic rings. The number of carbonyl (C=O) groups is 4. The molecule has 0 radical (unpaired) electrons. The first-order chi connectivity index (χ1) is 20.4. The van der Waals surface area contributed by atoms with E-state index in [0.717, 1.165) is 24.3 Å². The molecule has 1 heterocycles. The monoisotopic (exact) mass is 600 g/mol. The first-order valence-electron chi connectivity index (χ1n) is 12.2. The molecule has 1 N–H and O–H groups in total. The lowest BCUT2D eigenvalue weighted by Gasteiger charge is -2.27. The molecule has 0 atom stereocenters. The van der Waals surface area contributed by atoms with E-state index in [0.29, 0.717) is 11.0 Å². The second-order valence-electron chi connectivity index (χ2n) is 8.72. The summed E-state index contributed by atoms with van der Waals surface area (Å²) >= 11 is 0. The van der Waals surface area contributed by atoms with Crippen LogP contribution in [-0.4, -0.2) is 52.3 Å². The Morgan fingerprint density at radius 1 is 0.814 bits per heavy atom. The maximum Gasteiger partial charge on any atom is 0.416 e. The Balaban J connectivity index is 1.63. The van der Waals surface area contributed by atoms with Crippen molar-refractivity contribution < 1.29 is 56.0 Å². The van der Waals surface area contributed by atoms with E-state index in [-0.39, 0.29) is 45.6 Å². The van der Waals surface area contributed by atoms with Crippen LogP contribution in [0, 0.1) is 0 Å². The molecular weight excluding hydrogens is 577 g/mol. The number of urea groups is 1. The van der Waals surface area contributed by atoms with E-state index < -0.39 is 41.1 Å². The molecular formula is C29H23F3N2O9. The molecule has 43 heavy (non-hydrogen) atoms. The molecule has 4 amide bonds. The van der Waals surface area contributed by atoms with Gasteiger partial charge in [-0.15, -0.1) is 0 Å². The van der Waals surface area contributed by atoms with Crippen LogP contribution in [0.5, 0.6) is 28.7 Å². The minimum absolute atomic E-state index is 0.0245. The van der Waals surface area contributed by atoms with Gasteiger partial charge in [0.15, 0.2) is 23.0 Å². The predicted molar refractivity (Wildman–Crippen MR) is 144 cm³/mol. The van der Waals surface area contributed by atoms with E-state index in [1.54, 1.807) is 0 Å². The van der Waals surface area contributed by atoms with E-state index in [9.17, 15) is 32.3 Å².